The number of benzene rings is 1. The number of aliphatic hydroxyl groups is 1. The van der Waals surface area contributed by atoms with E-state index in [1.807, 2.05) is 0 Å². The van der Waals surface area contributed by atoms with Gasteiger partial charge in [-0.15, -0.1) is 0 Å². The second-order valence-electron chi connectivity index (χ2n) is 8.38. The number of fused-ring (bicyclic) bond motifs is 1. The molecule has 1 aromatic carbocycles. The lowest BCUT2D eigenvalue weighted by Gasteiger charge is -2.40. The van der Waals surface area contributed by atoms with E-state index in [0.29, 0.717) is 31.7 Å². The molecule has 3 aliphatic carbocycles. The molecule has 4 aliphatic rings. The summed E-state index contributed by atoms with van der Waals surface area (Å²) in [7, 11) is 0. The highest BCUT2D eigenvalue weighted by molar-refractivity contribution is 6.30. The molecule has 0 aromatic heterocycles. The Morgan fingerprint density at radius 3 is 2.79 bits per heavy atom. The van der Waals surface area contributed by atoms with Crippen molar-refractivity contribution in [1.82, 2.24) is 16.0 Å². The van der Waals surface area contributed by atoms with E-state index in [4.69, 9.17) is 16.3 Å². The maximum atomic E-state index is 13.4. The Labute approximate surface area is 173 Å². The van der Waals surface area contributed by atoms with Crippen molar-refractivity contribution in [3.8, 4) is 5.75 Å². The van der Waals surface area contributed by atoms with Gasteiger partial charge in [-0.05, 0) is 50.2 Å². The van der Waals surface area contributed by atoms with Crippen molar-refractivity contribution in [3.63, 3.8) is 0 Å². The van der Waals surface area contributed by atoms with Crippen LogP contribution in [0.2, 0.25) is 5.02 Å². The van der Waals surface area contributed by atoms with Gasteiger partial charge in [-0.1, -0.05) is 11.6 Å². The Bertz CT molecular complexity index is 794. The lowest BCUT2D eigenvalue weighted by molar-refractivity contribution is -0.129. The molecule has 1 saturated heterocycles. The molecule has 4 fully saturated rings. The summed E-state index contributed by atoms with van der Waals surface area (Å²) >= 11 is 5.63. The fraction of sp³-hybridized carbons (Fsp3) is 0.600. The van der Waals surface area contributed by atoms with Gasteiger partial charge in [0.2, 0.25) is 5.91 Å². The first-order valence-electron chi connectivity index (χ1n) is 9.94. The molecule has 2 amide bonds. The summed E-state index contributed by atoms with van der Waals surface area (Å²) in [6, 6.07) is 4.03. The molecule has 2 unspecified atom stereocenters. The van der Waals surface area contributed by atoms with E-state index in [9.17, 15) is 19.1 Å². The molecule has 4 N–H and O–H groups in total. The molecule has 0 radical (unpaired) electrons. The van der Waals surface area contributed by atoms with Crippen molar-refractivity contribution < 1.29 is 23.8 Å². The van der Waals surface area contributed by atoms with Gasteiger partial charge in [0.1, 0.15) is 17.8 Å². The number of aliphatic hydroxyl groups excluding tert-OH is 1. The van der Waals surface area contributed by atoms with Crippen molar-refractivity contribution in [2.45, 2.75) is 49.9 Å². The maximum Gasteiger partial charge on any atom is 0.258 e. The van der Waals surface area contributed by atoms with Crippen molar-refractivity contribution in [2.24, 2.45) is 11.8 Å². The number of hydrogen-bond donors (Lipinski definition) is 4. The smallest absolute Gasteiger partial charge is 0.258 e. The van der Waals surface area contributed by atoms with Gasteiger partial charge in [0, 0.05) is 24.2 Å². The highest BCUT2D eigenvalue weighted by Crippen LogP contribution is 2.52. The van der Waals surface area contributed by atoms with Gasteiger partial charge in [0.15, 0.2) is 6.61 Å². The van der Waals surface area contributed by atoms with E-state index in [1.165, 1.54) is 12.1 Å². The Hall–Kier alpha value is -1.90. The Balaban J connectivity index is 1.23. The van der Waals surface area contributed by atoms with Crippen LogP contribution in [0.4, 0.5) is 4.39 Å². The second kappa shape index (κ2) is 8.08. The summed E-state index contributed by atoms with van der Waals surface area (Å²) in [6.45, 7) is 0.273. The van der Waals surface area contributed by atoms with Crippen LogP contribution >= 0.6 is 11.6 Å². The summed E-state index contributed by atoms with van der Waals surface area (Å²) in [4.78, 5) is 24.8. The second-order valence-corrected chi connectivity index (χ2v) is 8.79. The third kappa shape index (κ3) is 4.49. The van der Waals surface area contributed by atoms with Crippen LogP contribution in [0.15, 0.2) is 18.2 Å². The minimum Gasteiger partial charge on any atom is -0.484 e. The summed E-state index contributed by atoms with van der Waals surface area (Å²) in [5, 5.41) is 18.6. The molecule has 1 aliphatic heterocycles. The Kier molecular flexibility index (Phi) is 5.68. The first-order valence-corrected chi connectivity index (χ1v) is 10.3. The minimum atomic E-state index is -0.596. The van der Waals surface area contributed by atoms with Gasteiger partial charge in [-0.3, -0.25) is 14.9 Å². The third-order valence-corrected chi connectivity index (χ3v) is 6.55. The van der Waals surface area contributed by atoms with Crippen LogP contribution in [0.5, 0.6) is 5.75 Å². The number of hydrogen-bond acceptors (Lipinski definition) is 5. The number of piperidine rings is 1. The van der Waals surface area contributed by atoms with Crippen molar-refractivity contribution in [2.75, 3.05) is 13.2 Å². The molecule has 0 spiro atoms. The minimum absolute atomic E-state index is 0.0000591. The van der Waals surface area contributed by atoms with Crippen LogP contribution in [0.25, 0.3) is 0 Å². The van der Waals surface area contributed by atoms with E-state index in [2.05, 4.69) is 16.0 Å². The van der Waals surface area contributed by atoms with Crippen molar-refractivity contribution in [3.05, 3.63) is 29.0 Å². The third-order valence-electron chi connectivity index (χ3n) is 6.24. The standard InChI is InChI=1S/C20H25ClFN3O4/c21-14-3-2-13(5-15(14)22)29-10-18(27)24-16-8-20(6-12(16)7-20)25-19(28)11-1-4-17(26)23-9-11/h2-3,5,11-12,16-17,23,26H,1,4,6-10H2,(H,24,27)(H,25,28)/t11?,12?,16-,17?,20?/m0/s1. The molecule has 5 rings (SSSR count). The number of rotatable bonds is 6. The monoisotopic (exact) mass is 425 g/mol. The summed E-state index contributed by atoms with van der Waals surface area (Å²) < 4.78 is 18.8. The highest BCUT2D eigenvalue weighted by Gasteiger charge is 2.57. The number of ether oxygens (including phenoxy) is 1. The molecule has 3 saturated carbocycles. The van der Waals surface area contributed by atoms with Crippen LogP contribution < -0.4 is 20.7 Å². The van der Waals surface area contributed by atoms with Crippen molar-refractivity contribution >= 4 is 23.4 Å². The SMILES string of the molecule is O=C(COc1ccc(Cl)c(F)c1)N[C@H]1CC2(NC(=O)C3CCC(O)NC3)CC1C2. The predicted octanol–water partition coefficient (Wildman–Crippen LogP) is 1.33. The van der Waals surface area contributed by atoms with Gasteiger partial charge in [-0.25, -0.2) is 4.39 Å². The van der Waals surface area contributed by atoms with E-state index in [0.717, 1.165) is 18.9 Å². The lowest BCUT2D eigenvalue weighted by Crippen LogP contribution is -2.55. The number of nitrogens with one attached hydrogen (secondary N) is 3. The molecule has 158 valence electrons. The zero-order valence-electron chi connectivity index (χ0n) is 15.9. The topological polar surface area (TPSA) is 99.7 Å². The largest absolute Gasteiger partial charge is 0.484 e. The van der Waals surface area contributed by atoms with Crippen LogP contribution in [-0.2, 0) is 9.59 Å². The van der Waals surface area contributed by atoms with E-state index < -0.39 is 12.0 Å². The van der Waals surface area contributed by atoms with Crippen LogP contribution in [0, 0.1) is 17.7 Å². The average Bonchev–Trinajstić information content (AvgIpc) is 3.16. The fourth-order valence-electron chi connectivity index (χ4n) is 4.70. The number of amides is 2. The van der Waals surface area contributed by atoms with Crippen LogP contribution in [0.1, 0.15) is 32.1 Å². The maximum absolute atomic E-state index is 13.4. The van der Waals surface area contributed by atoms with Gasteiger partial charge < -0.3 is 20.5 Å². The van der Waals surface area contributed by atoms with E-state index >= 15 is 0 Å². The van der Waals surface area contributed by atoms with Crippen LogP contribution in [0.3, 0.4) is 0 Å². The van der Waals surface area contributed by atoms with E-state index in [1.54, 1.807) is 0 Å². The molecule has 1 heterocycles. The molecular weight excluding hydrogens is 401 g/mol. The summed E-state index contributed by atoms with van der Waals surface area (Å²) in [6.07, 6.45) is 3.13. The highest BCUT2D eigenvalue weighted by atomic mass is 35.5. The van der Waals surface area contributed by atoms with Crippen LogP contribution in [-0.4, -0.2) is 47.9 Å². The average molecular weight is 426 g/mol. The number of carbonyl (C=O) groups excluding carboxylic acids is 2. The van der Waals surface area contributed by atoms with Gasteiger partial charge in [-0.2, -0.15) is 0 Å². The molecule has 1 aromatic rings. The quantitative estimate of drug-likeness (QED) is 0.551. The molecule has 29 heavy (non-hydrogen) atoms. The fourth-order valence-corrected chi connectivity index (χ4v) is 4.81. The summed E-state index contributed by atoms with van der Waals surface area (Å²) in [5.41, 5.74) is -0.240. The normalized spacial score (nSPS) is 32.9. The van der Waals surface area contributed by atoms with Gasteiger partial charge in [0.05, 0.1) is 10.9 Å². The Morgan fingerprint density at radius 1 is 1.31 bits per heavy atom. The Morgan fingerprint density at radius 2 is 2.10 bits per heavy atom. The molecule has 3 atom stereocenters. The van der Waals surface area contributed by atoms with Gasteiger partial charge >= 0.3 is 0 Å². The zero-order chi connectivity index (χ0) is 20.6. The van der Waals surface area contributed by atoms with Gasteiger partial charge in [0.25, 0.3) is 5.91 Å². The first-order chi connectivity index (χ1) is 13.8. The predicted molar refractivity (Wildman–Crippen MR) is 104 cm³/mol. The van der Waals surface area contributed by atoms with Crippen molar-refractivity contribution in [1.29, 1.82) is 0 Å². The molecular formula is C20H25ClFN3O4. The summed E-state index contributed by atoms with van der Waals surface area (Å²) in [5.74, 6) is -0.394. The van der Waals surface area contributed by atoms with E-state index in [-0.39, 0.29) is 46.7 Å². The molecule has 7 nitrogen and oxygen atoms in total. The molecule has 2 bridgehead atoms. The molecule has 9 heteroatoms. The number of carbonyl (C=O) groups is 2. The lowest BCUT2D eigenvalue weighted by atomic mass is 9.76. The first kappa shape index (κ1) is 20.4. The number of halogens is 2. The zero-order valence-corrected chi connectivity index (χ0v) is 16.7.